The Labute approximate surface area is 195 Å². The highest BCUT2D eigenvalue weighted by molar-refractivity contribution is 8.00. The second-order valence-electron chi connectivity index (χ2n) is 7.07. The molecule has 4 nitrogen and oxygen atoms in total. The fourth-order valence-electron chi connectivity index (χ4n) is 3.36. The number of thioether (sulfide) groups is 1. The first-order valence-electron chi connectivity index (χ1n) is 10.0. The van der Waals surface area contributed by atoms with Gasteiger partial charge in [0.05, 0.1) is 22.7 Å². The van der Waals surface area contributed by atoms with Crippen molar-refractivity contribution in [2.45, 2.75) is 41.0 Å². The van der Waals surface area contributed by atoms with Gasteiger partial charge in [0, 0.05) is 20.5 Å². The summed E-state index contributed by atoms with van der Waals surface area (Å²) in [6.07, 6.45) is 2.99. The van der Waals surface area contributed by atoms with Crippen molar-refractivity contribution in [2.24, 2.45) is 0 Å². The van der Waals surface area contributed by atoms with Crippen molar-refractivity contribution in [3.8, 4) is 6.07 Å². The van der Waals surface area contributed by atoms with Crippen molar-refractivity contribution >= 4 is 52.4 Å². The zero-order valence-electron chi connectivity index (χ0n) is 17.0. The number of pyridine rings is 1. The third-order valence-corrected chi connectivity index (χ3v) is 7.24. The zero-order chi connectivity index (χ0) is 21.8. The summed E-state index contributed by atoms with van der Waals surface area (Å²) in [5, 5.41) is 10.7. The van der Waals surface area contributed by atoms with E-state index in [2.05, 4.69) is 18.0 Å². The molecule has 3 aromatic rings. The van der Waals surface area contributed by atoms with E-state index in [-0.39, 0.29) is 11.7 Å². The van der Waals surface area contributed by atoms with Crippen molar-refractivity contribution < 1.29 is 4.79 Å². The fourth-order valence-corrected chi connectivity index (χ4v) is 5.41. The van der Waals surface area contributed by atoms with E-state index < -0.39 is 0 Å². The molecule has 1 aliphatic heterocycles. The van der Waals surface area contributed by atoms with Crippen molar-refractivity contribution in [3.63, 3.8) is 0 Å². The third-order valence-electron chi connectivity index (χ3n) is 4.89. The van der Waals surface area contributed by atoms with E-state index in [9.17, 15) is 10.1 Å². The summed E-state index contributed by atoms with van der Waals surface area (Å²) in [5.74, 6) is 0.0926. The quantitative estimate of drug-likeness (QED) is 0.371. The highest BCUT2D eigenvalue weighted by Crippen LogP contribution is 2.49. The highest BCUT2D eigenvalue weighted by Gasteiger charge is 2.28. The summed E-state index contributed by atoms with van der Waals surface area (Å²) in [7, 11) is 0. The van der Waals surface area contributed by atoms with Crippen LogP contribution in [0.3, 0.4) is 0 Å². The lowest BCUT2D eigenvalue weighted by atomic mass is 10.2. The minimum Gasteiger partial charge on any atom is -0.278 e. The number of carbonyl (C=O) groups is 1. The molecular weight excluding hydrogens is 446 g/mol. The molecule has 0 unspecified atom stereocenters. The number of unbranched alkanes of at least 4 members (excludes halogenated alkanes) is 1. The number of hydrogen-bond donors (Lipinski definition) is 0. The number of anilines is 2. The highest BCUT2D eigenvalue weighted by atomic mass is 35.5. The van der Waals surface area contributed by atoms with Crippen LogP contribution in [0, 0.1) is 11.3 Å². The number of para-hydroxylation sites is 1. The molecule has 0 fully saturated rings. The van der Waals surface area contributed by atoms with Crippen LogP contribution in [0.15, 0.2) is 69.4 Å². The molecule has 31 heavy (non-hydrogen) atoms. The van der Waals surface area contributed by atoms with E-state index in [0.717, 1.165) is 46.1 Å². The lowest BCUT2D eigenvalue weighted by molar-refractivity contribution is -0.115. The molecule has 1 amide bonds. The summed E-state index contributed by atoms with van der Waals surface area (Å²) < 4.78 is 0. The standard InChI is InChI=1S/C24H20ClN3OS2/c1-2-3-6-18-11-9-16(14-26)24(27-18)30-15-23(29)28-19-7-4-5-8-21(19)31-22-12-10-17(25)13-20(22)28/h4-5,7-13H,2-3,6,15H2,1H3. The fraction of sp³-hybridized carbons (Fsp3) is 0.208. The Kier molecular flexibility index (Phi) is 6.86. The van der Waals surface area contributed by atoms with Crippen molar-refractivity contribution in [1.29, 1.82) is 5.26 Å². The molecule has 2 aromatic carbocycles. The second kappa shape index (κ2) is 9.78. The van der Waals surface area contributed by atoms with Gasteiger partial charge in [0.1, 0.15) is 11.1 Å². The summed E-state index contributed by atoms with van der Waals surface area (Å²) in [4.78, 5) is 21.8. The minimum absolute atomic E-state index is 0.0779. The van der Waals surface area contributed by atoms with Crippen LogP contribution in [-0.4, -0.2) is 16.6 Å². The first kappa shape index (κ1) is 21.8. The molecule has 0 saturated heterocycles. The zero-order valence-corrected chi connectivity index (χ0v) is 19.4. The summed E-state index contributed by atoms with van der Waals surface area (Å²) in [6, 6.07) is 19.3. The molecule has 0 N–H and O–H groups in total. The molecule has 1 aromatic heterocycles. The van der Waals surface area contributed by atoms with Gasteiger partial charge in [-0.3, -0.25) is 9.69 Å². The van der Waals surface area contributed by atoms with Crippen LogP contribution in [0.1, 0.15) is 31.0 Å². The number of nitriles is 1. The van der Waals surface area contributed by atoms with Crippen molar-refractivity contribution in [3.05, 3.63) is 70.9 Å². The molecule has 2 heterocycles. The largest absolute Gasteiger partial charge is 0.278 e. The Morgan fingerprint density at radius 2 is 1.97 bits per heavy atom. The Balaban J connectivity index is 1.61. The van der Waals surface area contributed by atoms with E-state index in [1.165, 1.54) is 11.8 Å². The van der Waals surface area contributed by atoms with Gasteiger partial charge in [0.15, 0.2) is 0 Å². The Bertz CT molecular complexity index is 1180. The van der Waals surface area contributed by atoms with Gasteiger partial charge in [0.2, 0.25) is 5.91 Å². The lowest BCUT2D eigenvalue weighted by Gasteiger charge is -2.31. The predicted octanol–water partition coefficient (Wildman–Crippen LogP) is 6.87. The van der Waals surface area contributed by atoms with E-state index >= 15 is 0 Å². The number of fused-ring (bicyclic) bond motifs is 2. The van der Waals surface area contributed by atoms with Crippen molar-refractivity contribution in [1.82, 2.24) is 4.98 Å². The molecule has 1 aliphatic rings. The third kappa shape index (κ3) is 4.74. The number of hydrogen-bond acceptors (Lipinski definition) is 5. The number of aryl methyl sites for hydroxylation is 1. The number of nitrogens with zero attached hydrogens (tertiary/aromatic N) is 3. The normalized spacial score (nSPS) is 12.1. The first-order chi connectivity index (χ1) is 15.1. The van der Waals surface area contributed by atoms with Gasteiger partial charge in [-0.05, 0) is 55.3 Å². The van der Waals surface area contributed by atoms with Gasteiger partial charge >= 0.3 is 0 Å². The average molecular weight is 466 g/mol. The predicted molar refractivity (Wildman–Crippen MR) is 127 cm³/mol. The smallest absolute Gasteiger partial charge is 0.242 e. The van der Waals surface area contributed by atoms with Gasteiger partial charge in [0.25, 0.3) is 0 Å². The first-order valence-corrected chi connectivity index (χ1v) is 12.2. The molecule has 4 rings (SSSR count). The van der Waals surface area contributed by atoms with E-state index in [4.69, 9.17) is 11.6 Å². The molecule has 0 radical (unpaired) electrons. The second-order valence-corrected chi connectivity index (χ2v) is 9.55. The summed E-state index contributed by atoms with van der Waals surface area (Å²) >= 11 is 9.18. The maximum atomic E-state index is 13.4. The number of carbonyl (C=O) groups excluding carboxylic acids is 1. The van der Waals surface area contributed by atoms with E-state index in [0.29, 0.717) is 15.6 Å². The van der Waals surface area contributed by atoms with Gasteiger partial charge in [-0.2, -0.15) is 5.26 Å². The van der Waals surface area contributed by atoms with Crippen LogP contribution in [0.25, 0.3) is 0 Å². The Hall–Kier alpha value is -2.46. The molecule has 0 atom stereocenters. The summed E-state index contributed by atoms with van der Waals surface area (Å²) in [5.41, 5.74) is 3.08. The van der Waals surface area contributed by atoms with Gasteiger partial charge in [-0.25, -0.2) is 4.98 Å². The van der Waals surface area contributed by atoms with Crippen molar-refractivity contribution in [2.75, 3.05) is 10.7 Å². The number of amides is 1. The van der Waals surface area contributed by atoms with Crippen LogP contribution in [0.4, 0.5) is 11.4 Å². The molecule has 0 saturated carbocycles. The topological polar surface area (TPSA) is 57.0 Å². The van der Waals surface area contributed by atoms with Crippen LogP contribution in [0.2, 0.25) is 5.02 Å². The van der Waals surface area contributed by atoms with Crippen LogP contribution in [-0.2, 0) is 11.2 Å². The number of aromatic nitrogens is 1. The van der Waals surface area contributed by atoms with Crippen LogP contribution >= 0.6 is 35.1 Å². The van der Waals surface area contributed by atoms with E-state index in [1.54, 1.807) is 22.7 Å². The lowest BCUT2D eigenvalue weighted by Crippen LogP contribution is -2.30. The van der Waals surface area contributed by atoms with Gasteiger partial charge in [-0.1, -0.05) is 60.6 Å². The average Bonchev–Trinajstić information content (AvgIpc) is 2.79. The summed E-state index contributed by atoms with van der Waals surface area (Å²) in [6.45, 7) is 2.14. The van der Waals surface area contributed by atoms with Gasteiger partial charge in [-0.15, -0.1) is 0 Å². The Morgan fingerprint density at radius 1 is 1.16 bits per heavy atom. The number of rotatable bonds is 6. The maximum Gasteiger partial charge on any atom is 0.242 e. The van der Waals surface area contributed by atoms with Gasteiger partial charge < -0.3 is 0 Å². The van der Waals surface area contributed by atoms with Crippen LogP contribution in [0.5, 0.6) is 0 Å². The van der Waals surface area contributed by atoms with Crippen LogP contribution < -0.4 is 4.90 Å². The SMILES string of the molecule is CCCCc1ccc(C#N)c(SCC(=O)N2c3ccccc3Sc3ccc(Cl)cc32)n1. The molecule has 0 aliphatic carbocycles. The minimum atomic E-state index is -0.0779. The molecular formula is C24H20ClN3OS2. The monoisotopic (exact) mass is 465 g/mol. The maximum absolute atomic E-state index is 13.4. The molecule has 7 heteroatoms. The molecule has 156 valence electrons. The van der Waals surface area contributed by atoms with E-state index in [1.807, 2.05) is 48.5 Å². The molecule has 0 spiro atoms. The number of halogens is 1. The Morgan fingerprint density at radius 3 is 2.77 bits per heavy atom. The molecule has 0 bridgehead atoms. The number of benzene rings is 2.